The molecule has 122 valence electrons. The molecule has 0 radical (unpaired) electrons. The van der Waals surface area contributed by atoms with Crippen LogP contribution >= 0.6 is 11.3 Å². The minimum Gasteiger partial charge on any atom is -0.548 e. The highest BCUT2D eigenvalue weighted by Crippen LogP contribution is 2.13. The molecule has 1 aromatic carbocycles. The van der Waals surface area contributed by atoms with Crippen molar-refractivity contribution in [3.63, 3.8) is 0 Å². The van der Waals surface area contributed by atoms with E-state index in [4.69, 9.17) is 0 Å². The molecule has 23 heavy (non-hydrogen) atoms. The number of carbonyl (C=O) groups excluding carboxylic acids is 2. The number of phenolic OH excluding ortho intramolecular Hbond substituents is 1. The van der Waals surface area contributed by atoms with Crippen molar-refractivity contribution in [3.8, 4) is 5.75 Å². The van der Waals surface area contributed by atoms with Gasteiger partial charge in [0.1, 0.15) is 5.75 Å². The molecule has 5 nitrogen and oxygen atoms in total. The minimum absolute atomic E-state index is 0.108. The van der Waals surface area contributed by atoms with Crippen LogP contribution in [0.5, 0.6) is 5.75 Å². The van der Waals surface area contributed by atoms with Crippen LogP contribution in [0.3, 0.4) is 0 Å². The summed E-state index contributed by atoms with van der Waals surface area (Å²) in [6, 6.07) is 9.09. The highest BCUT2D eigenvalue weighted by atomic mass is 32.1. The Morgan fingerprint density at radius 1 is 1.22 bits per heavy atom. The van der Waals surface area contributed by atoms with Gasteiger partial charge in [-0.1, -0.05) is 18.2 Å². The lowest BCUT2D eigenvalue weighted by Gasteiger charge is -2.20. The Labute approximate surface area is 138 Å². The molecule has 1 atom stereocenters. The van der Waals surface area contributed by atoms with Gasteiger partial charge in [0.05, 0.1) is 12.0 Å². The van der Waals surface area contributed by atoms with E-state index in [0.29, 0.717) is 12.0 Å². The van der Waals surface area contributed by atoms with Crippen molar-refractivity contribution in [1.29, 1.82) is 0 Å². The molecule has 6 heteroatoms. The minimum atomic E-state index is -1.32. The summed E-state index contributed by atoms with van der Waals surface area (Å²) in [4.78, 5) is 24.3. The summed E-state index contributed by atoms with van der Waals surface area (Å²) in [5.74, 6) is -1.50. The van der Waals surface area contributed by atoms with E-state index < -0.39 is 12.0 Å². The second kappa shape index (κ2) is 8.33. The standard InChI is InChI=1S/C17H19NO4S/c19-13-8-6-12(7-9-13)11-15(17(21)22)18-16(20)5-1-3-14-4-2-10-23-14/h2,4,6-10,15,19H,1,3,5,11H2,(H,18,20)(H,21,22)/p-1/t15-/m0/s1. The van der Waals surface area contributed by atoms with Gasteiger partial charge in [-0.15, -0.1) is 11.3 Å². The number of hydrogen-bond acceptors (Lipinski definition) is 5. The summed E-state index contributed by atoms with van der Waals surface area (Å²) in [5.41, 5.74) is 0.705. The van der Waals surface area contributed by atoms with Crippen LogP contribution in [0, 0.1) is 0 Å². The third-order valence-electron chi connectivity index (χ3n) is 3.40. The summed E-state index contributed by atoms with van der Waals surface area (Å²) in [6.45, 7) is 0. The van der Waals surface area contributed by atoms with Gasteiger partial charge in [-0.05, 0) is 48.4 Å². The molecule has 0 aliphatic carbocycles. The number of aliphatic carboxylic acids is 1. The Hall–Kier alpha value is -2.34. The Morgan fingerprint density at radius 3 is 2.57 bits per heavy atom. The zero-order valence-corrected chi connectivity index (χ0v) is 13.3. The van der Waals surface area contributed by atoms with E-state index in [0.717, 1.165) is 6.42 Å². The van der Waals surface area contributed by atoms with Crippen molar-refractivity contribution in [1.82, 2.24) is 5.32 Å². The number of rotatable bonds is 8. The van der Waals surface area contributed by atoms with E-state index in [1.165, 1.54) is 17.0 Å². The third-order valence-corrected chi connectivity index (χ3v) is 4.34. The maximum absolute atomic E-state index is 11.9. The molecule has 2 rings (SSSR count). The predicted octanol–water partition coefficient (Wildman–Crippen LogP) is 1.25. The quantitative estimate of drug-likeness (QED) is 0.761. The maximum Gasteiger partial charge on any atom is 0.220 e. The van der Waals surface area contributed by atoms with Gasteiger partial charge in [-0.25, -0.2) is 0 Å². The third kappa shape index (κ3) is 5.75. The Kier molecular flexibility index (Phi) is 6.17. The zero-order chi connectivity index (χ0) is 16.7. The number of phenols is 1. The number of aromatic hydroxyl groups is 1. The largest absolute Gasteiger partial charge is 0.548 e. The second-order valence-corrected chi connectivity index (χ2v) is 6.27. The van der Waals surface area contributed by atoms with Crippen LogP contribution in [0.25, 0.3) is 0 Å². The van der Waals surface area contributed by atoms with Crippen molar-refractivity contribution in [2.45, 2.75) is 31.7 Å². The number of amides is 1. The summed E-state index contributed by atoms with van der Waals surface area (Å²) in [7, 11) is 0. The lowest BCUT2D eigenvalue weighted by Crippen LogP contribution is -2.49. The van der Waals surface area contributed by atoms with Gasteiger partial charge in [0, 0.05) is 11.3 Å². The molecule has 0 saturated carbocycles. The molecular weight excluding hydrogens is 314 g/mol. The number of nitrogens with one attached hydrogen (secondary N) is 1. The number of carbonyl (C=O) groups is 2. The first-order valence-corrected chi connectivity index (χ1v) is 8.23. The Bertz CT molecular complexity index is 637. The average molecular weight is 332 g/mol. The van der Waals surface area contributed by atoms with Crippen molar-refractivity contribution in [2.24, 2.45) is 0 Å². The van der Waals surface area contributed by atoms with Gasteiger partial charge in [0.15, 0.2) is 0 Å². The molecule has 0 spiro atoms. The molecule has 1 aromatic heterocycles. The van der Waals surface area contributed by atoms with Crippen LogP contribution in [0.1, 0.15) is 23.3 Å². The first-order valence-electron chi connectivity index (χ1n) is 7.35. The molecule has 0 fully saturated rings. The highest BCUT2D eigenvalue weighted by Gasteiger charge is 2.14. The maximum atomic E-state index is 11.9. The number of thiophene rings is 1. The van der Waals surface area contributed by atoms with Crippen molar-refractivity contribution >= 4 is 23.2 Å². The van der Waals surface area contributed by atoms with E-state index in [-0.39, 0.29) is 24.5 Å². The van der Waals surface area contributed by atoms with Crippen LogP contribution < -0.4 is 10.4 Å². The molecule has 2 N–H and O–H groups in total. The van der Waals surface area contributed by atoms with Gasteiger partial charge >= 0.3 is 0 Å². The Balaban J connectivity index is 1.82. The fourth-order valence-electron chi connectivity index (χ4n) is 2.21. The van der Waals surface area contributed by atoms with E-state index in [1.807, 2.05) is 17.5 Å². The van der Waals surface area contributed by atoms with Crippen molar-refractivity contribution < 1.29 is 19.8 Å². The average Bonchev–Trinajstić information content (AvgIpc) is 3.02. The van der Waals surface area contributed by atoms with Crippen LogP contribution in [0.4, 0.5) is 0 Å². The van der Waals surface area contributed by atoms with E-state index in [1.54, 1.807) is 23.5 Å². The smallest absolute Gasteiger partial charge is 0.220 e. The normalized spacial score (nSPS) is 11.8. The molecule has 0 unspecified atom stereocenters. The number of carboxylic acid groups (broad SMARTS) is 1. The van der Waals surface area contributed by atoms with Crippen molar-refractivity contribution in [2.75, 3.05) is 0 Å². The lowest BCUT2D eigenvalue weighted by molar-refractivity contribution is -0.308. The summed E-state index contributed by atoms with van der Waals surface area (Å²) in [6.07, 6.45) is 1.88. The van der Waals surface area contributed by atoms with Crippen LogP contribution in [-0.2, 0) is 22.4 Å². The summed E-state index contributed by atoms with van der Waals surface area (Å²) < 4.78 is 0. The number of benzene rings is 1. The van der Waals surface area contributed by atoms with Crippen LogP contribution in [0.2, 0.25) is 0 Å². The van der Waals surface area contributed by atoms with Crippen LogP contribution in [-0.4, -0.2) is 23.0 Å². The molecule has 0 aliphatic heterocycles. The molecule has 1 amide bonds. The monoisotopic (exact) mass is 332 g/mol. The summed E-state index contributed by atoms with van der Waals surface area (Å²) >= 11 is 1.64. The first kappa shape index (κ1) is 17.0. The Morgan fingerprint density at radius 2 is 1.96 bits per heavy atom. The fourth-order valence-corrected chi connectivity index (χ4v) is 2.96. The molecule has 2 aromatic rings. The molecular formula is C17H18NO4S-. The van der Waals surface area contributed by atoms with Gasteiger partial charge < -0.3 is 20.3 Å². The van der Waals surface area contributed by atoms with E-state index >= 15 is 0 Å². The number of aryl methyl sites for hydroxylation is 1. The van der Waals surface area contributed by atoms with Gasteiger partial charge in [0.25, 0.3) is 0 Å². The van der Waals surface area contributed by atoms with E-state index in [9.17, 15) is 19.8 Å². The first-order chi connectivity index (χ1) is 11.0. The van der Waals surface area contributed by atoms with Crippen LogP contribution in [0.15, 0.2) is 41.8 Å². The SMILES string of the molecule is O=C(CCCc1cccs1)N[C@@H](Cc1ccc(O)cc1)C(=O)[O-]. The second-order valence-electron chi connectivity index (χ2n) is 5.24. The van der Waals surface area contributed by atoms with Gasteiger partial charge in [0.2, 0.25) is 5.91 Å². The summed E-state index contributed by atoms with van der Waals surface area (Å²) in [5, 5.41) is 24.9. The van der Waals surface area contributed by atoms with Crippen molar-refractivity contribution in [3.05, 3.63) is 52.2 Å². The van der Waals surface area contributed by atoms with E-state index in [2.05, 4.69) is 5.32 Å². The number of hydrogen-bond donors (Lipinski definition) is 2. The highest BCUT2D eigenvalue weighted by molar-refractivity contribution is 7.09. The molecule has 1 heterocycles. The van der Waals surface area contributed by atoms with Gasteiger partial charge in [-0.2, -0.15) is 0 Å². The lowest BCUT2D eigenvalue weighted by atomic mass is 10.1. The molecule has 0 saturated heterocycles. The predicted molar refractivity (Wildman–Crippen MR) is 86.0 cm³/mol. The molecule has 0 aliphatic rings. The van der Waals surface area contributed by atoms with Gasteiger partial charge in [-0.3, -0.25) is 4.79 Å². The number of carboxylic acids is 1. The zero-order valence-electron chi connectivity index (χ0n) is 12.5. The fraction of sp³-hybridized carbons (Fsp3) is 0.294. The molecule has 0 bridgehead atoms. The topological polar surface area (TPSA) is 89.5 Å².